The van der Waals surface area contributed by atoms with Gasteiger partial charge in [-0.05, 0) is 13.8 Å². The Balaban J connectivity index is 2.61. The molecule has 0 aromatic heterocycles. The molecule has 17 heavy (non-hydrogen) atoms. The number of hydrogen-bond donors (Lipinski definition) is 0. The fraction of sp³-hybridized carbons (Fsp3) is 0.727. The number of hydrogen-bond acceptors (Lipinski definition) is 5. The third-order valence-corrected chi connectivity index (χ3v) is 2.43. The first-order valence-electron chi connectivity index (χ1n) is 5.68. The molecule has 96 valence electrons. The van der Waals surface area contributed by atoms with E-state index in [1.165, 1.54) is 4.90 Å². The van der Waals surface area contributed by atoms with Crippen LogP contribution >= 0.6 is 0 Å². The summed E-state index contributed by atoms with van der Waals surface area (Å²) in [5.41, 5.74) is 0. The van der Waals surface area contributed by atoms with Crippen LogP contribution in [0.1, 0.15) is 20.3 Å². The number of nitrogens with zero attached hydrogens (tertiary/aromatic N) is 1. The Morgan fingerprint density at radius 1 is 1.29 bits per heavy atom. The number of carbonyl (C=O) groups is 3. The van der Waals surface area contributed by atoms with Crippen LogP contribution in [-0.4, -0.2) is 49.0 Å². The molecule has 0 aromatic rings. The first-order valence-corrected chi connectivity index (χ1v) is 5.68. The van der Waals surface area contributed by atoms with E-state index < -0.39 is 18.0 Å². The molecule has 0 N–H and O–H groups in total. The highest BCUT2D eigenvalue weighted by atomic mass is 16.6. The minimum atomic E-state index is -0.569. The highest BCUT2D eigenvalue weighted by Gasteiger charge is 2.34. The van der Waals surface area contributed by atoms with E-state index in [0.717, 1.165) is 0 Å². The van der Waals surface area contributed by atoms with Crippen molar-refractivity contribution in [3.8, 4) is 0 Å². The number of carbonyl (C=O) groups excluding carboxylic acids is 3. The summed E-state index contributed by atoms with van der Waals surface area (Å²) in [4.78, 5) is 35.7. The van der Waals surface area contributed by atoms with Gasteiger partial charge in [0.1, 0.15) is 0 Å². The Hall–Kier alpha value is -1.59. The van der Waals surface area contributed by atoms with Crippen LogP contribution < -0.4 is 0 Å². The maximum atomic E-state index is 11.5. The van der Waals surface area contributed by atoms with E-state index in [-0.39, 0.29) is 38.5 Å². The quantitative estimate of drug-likeness (QED) is 0.678. The van der Waals surface area contributed by atoms with Gasteiger partial charge < -0.3 is 14.4 Å². The normalized spacial score (nSPS) is 20.0. The van der Waals surface area contributed by atoms with Gasteiger partial charge in [-0.1, -0.05) is 0 Å². The lowest BCUT2D eigenvalue weighted by molar-refractivity contribution is -0.151. The molecule has 0 bridgehead atoms. The number of amides is 1. The summed E-state index contributed by atoms with van der Waals surface area (Å²) in [7, 11) is 0. The Bertz CT molecular complexity index is 287. The predicted molar refractivity (Wildman–Crippen MR) is 58.3 cm³/mol. The van der Waals surface area contributed by atoms with Crippen LogP contribution in [0.5, 0.6) is 0 Å². The molecule has 6 heteroatoms. The molecule has 0 spiro atoms. The number of Topliss-reactive ketones (excluding diaryl/α,β-unsaturated/α-hetero) is 1. The number of piperidine rings is 1. The topological polar surface area (TPSA) is 72.9 Å². The van der Waals surface area contributed by atoms with Crippen LogP contribution in [0.4, 0.5) is 4.79 Å². The zero-order valence-corrected chi connectivity index (χ0v) is 10.1. The Morgan fingerprint density at radius 3 is 2.53 bits per heavy atom. The number of esters is 1. The van der Waals surface area contributed by atoms with Crippen molar-refractivity contribution in [2.24, 2.45) is 5.92 Å². The molecule has 1 aliphatic rings. The van der Waals surface area contributed by atoms with Crippen LogP contribution in [-0.2, 0) is 19.1 Å². The lowest BCUT2D eigenvalue weighted by Crippen LogP contribution is -2.47. The van der Waals surface area contributed by atoms with Gasteiger partial charge in [0, 0.05) is 13.0 Å². The Morgan fingerprint density at radius 2 is 1.94 bits per heavy atom. The summed E-state index contributed by atoms with van der Waals surface area (Å²) in [5.74, 6) is -1.15. The summed E-state index contributed by atoms with van der Waals surface area (Å²) in [6.07, 6.45) is -0.427. The molecule has 0 aliphatic carbocycles. The van der Waals surface area contributed by atoms with Crippen molar-refractivity contribution in [3.63, 3.8) is 0 Å². The smallest absolute Gasteiger partial charge is 0.410 e. The minimum Gasteiger partial charge on any atom is -0.466 e. The molecule has 1 heterocycles. The molecule has 0 aromatic carbocycles. The lowest BCUT2D eigenvalue weighted by Gasteiger charge is -2.29. The lowest BCUT2D eigenvalue weighted by atomic mass is 9.97. The highest BCUT2D eigenvalue weighted by molar-refractivity contribution is 5.90. The Kier molecular flexibility index (Phi) is 4.93. The zero-order valence-electron chi connectivity index (χ0n) is 10.1. The summed E-state index contributed by atoms with van der Waals surface area (Å²) >= 11 is 0. The molecule has 0 saturated carbocycles. The van der Waals surface area contributed by atoms with Crippen molar-refractivity contribution >= 4 is 17.8 Å². The van der Waals surface area contributed by atoms with Gasteiger partial charge in [-0.3, -0.25) is 9.59 Å². The van der Waals surface area contributed by atoms with Crippen molar-refractivity contribution in [3.05, 3.63) is 0 Å². The fourth-order valence-corrected chi connectivity index (χ4v) is 1.72. The fourth-order valence-electron chi connectivity index (χ4n) is 1.72. The van der Waals surface area contributed by atoms with Crippen molar-refractivity contribution in [2.75, 3.05) is 26.3 Å². The number of ketones is 1. The van der Waals surface area contributed by atoms with Crippen LogP contribution in [0.15, 0.2) is 0 Å². The highest BCUT2D eigenvalue weighted by Crippen LogP contribution is 2.16. The van der Waals surface area contributed by atoms with E-state index in [4.69, 9.17) is 9.47 Å². The van der Waals surface area contributed by atoms with E-state index >= 15 is 0 Å². The van der Waals surface area contributed by atoms with E-state index in [0.29, 0.717) is 0 Å². The van der Waals surface area contributed by atoms with Gasteiger partial charge in [0.15, 0.2) is 5.78 Å². The molecule has 1 rings (SSSR count). The van der Waals surface area contributed by atoms with Gasteiger partial charge in [-0.25, -0.2) is 4.79 Å². The summed E-state index contributed by atoms with van der Waals surface area (Å²) < 4.78 is 9.65. The van der Waals surface area contributed by atoms with Crippen LogP contribution in [0.2, 0.25) is 0 Å². The Labute approximate surface area is 99.9 Å². The van der Waals surface area contributed by atoms with Crippen LogP contribution in [0, 0.1) is 5.92 Å². The zero-order chi connectivity index (χ0) is 12.8. The number of likely N-dealkylation sites (tertiary alicyclic amines) is 1. The largest absolute Gasteiger partial charge is 0.466 e. The first kappa shape index (κ1) is 13.5. The van der Waals surface area contributed by atoms with Crippen molar-refractivity contribution in [2.45, 2.75) is 20.3 Å². The molecular weight excluding hydrogens is 226 g/mol. The van der Waals surface area contributed by atoms with Crippen LogP contribution in [0.3, 0.4) is 0 Å². The predicted octanol–water partition coefficient (Wildman–Crippen LogP) is 0.597. The minimum absolute atomic E-state index is 0.00867. The molecule has 1 atom stereocenters. The molecule has 1 aliphatic heterocycles. The monoisotopic (exact) mass is 243 g/mol. The number of ether oxygens (including phenoxy) is 2. The average Bonchev–Trinajstić information content (AvgIpc) is 2.29. The van der Waals surface area contributed by atoms with Gasteiger partial charge in [0.05, 0.1) is 25.7 Å². The van der Waals surface area contributed by atoms with Crippen LogP contribution in [0.25, 0.3) is 0 Å². The van der Waals surface area contributed by atoms with Gasteiger partial charge >= 0.3 is 12.1 Å². The third-order valence-electron chi connectivity index (χ3n) is 2.43. The first-order chi connectivity index (χ1) is 8.08. The van der Waals surface area contributed by atoms with E-state index in [2.05, 4.69) is 0 Å². The SMILES string of the molecule is CCOC(=O)C1CC(=O)CN(C(=O)OCC)C1. The average molecular weight is 243 g/mol. The summed E-state index contributed by atoms with van der Waals surface area (Å²) in [6.45, 7) is 4.09. The van der Waals surface area contributed by atoms with Gasteiger partial charge in [-0.15, -0.1) is 0 Å². The maximum Gasteiger partial charge on any atom is 0.410 e. The molecule has 6 nitrogen and oxygen atoms in total. The van der Waals surface area contributed by atoms with Crippen molar-refractivity contribution in [1.82, 2.24) is 4.90 Å². The summed E-state index contributed by atoms with van der Waals surface area (Å²) in [5, 5.41) is 0. The van der Waals surface area contributed by atoms with E-state index in [9.17, 15) is 14.4 Å². The van der Waals surface area contributed by atoms with Crippen molar-refractivity contribution in [1.29, 1.82) is 0 Å². The second-order valence-electron chi connectivity index (χ2n) is 3.77. The van der Waals surface area contributed by atoms with E-state index in [1.54, 1.807) is 13.8 Å². The molecule has 1 saturated heterocycles. The molecule has 1 fully saturated rings. The maximum absolute atomic E-state index is 11.5. The van der Waals surface area contributed by atoms with Gasteiger partial charge in [0.2, 0.25) is 0 Å². The summed E-state index contributed by atoms with van der Waals surface area (Å²) in [6, 6.07) is 0. The second-order valence-corrected chi connectivity index (χ2v) is 3.77. The standard InChI is InChI=1S/C11H17NO5/c1-3-16-10(14)8-5-9(13)7-12(6-8)11(15)17-4-2/h8H,3-7H2,1-2H3. The molecular formula is C11H17NO5. The van der Waals surface area contributed by atoms with Crippen molar-refractivity contribution < 1.29 is 23.9 Å². The second kappa shape index (κ2) is 6.22. The third kappa shape index (κ3) is 3.72. The van der Waals surface area contributed by atoms with E-state index in [1.807, 2.05) is 0 Å². The van der Waals surface area contributed by atoms with Gasteiger partial charge in [-0.2, -0.15) is 0 Å². The molecule has 0 radical (unpaired) electrons. The van der Waals surface area contributed by atoms with Gasteiger partial charge in [0.25, 0.3) is 0 Å². The molecule has 1 unspecified atom stereocenters. The molecule has 1 amide bonds. The number of rotatable bonds is 3.